The van der Waals surface area contributed by atoms with Crippen molar-refractivity contribution in [3.8, 4) is 11.5 Å². The van der Waals surface area contributed by atoms with E-state index in [0.29, 0.717) is 0 Å². The summed E-state index contributed by atoms with van der Waals surface area (Å²) in [5.41, 5.74) is 0.183. The number of aromatic carboxylic acids is 1. The number of rotatable bonds is 4. The van der Waals surface area contributed by atoms with Crippen LogP contribution in [0, 0.1) is 0 Å². The highest BCUT2D eigenvalue weighted by atomic mass is 16.5. The van der Waals surface area contributed by atoms with E-state index < -0.39 is 5.97 Å². The first kappa shape index (κ1) is 12.0. The number of carbonyl (C=O) groups excluding carboxylic acids is 1. The predicted octanol–water partition coefficient (Wildman–Crippen LogP) is 1.60. The first-order valence-electron chi connectivity index (χ1n) is 4.51. The van der Waals surface area contributed by atoms with Crippen LogP contribution in [-0.4, -0.2) is 31.1 Å². The van der Waals surface area contributed by atoms with Crippen LogP contribution >= 0.6 is 0 Å². The Morgan fingerprint density at radius 3 is 2.19 bits per heavy atom. The summed E-state index contributed by atoms with van der Waals surface area (Å²) < 4.78 is 9.92. The van der Waals surface area contributed by atoms with Crippen LogP contribution in [0.3, 0.4) is 0 Å². The standard InChI is InChI=1S/C11H12O5/c1-6(12)7-4-8(11(13)14)10(16-3)9(5-7)15-2/h4-5H,1-3H3,(H,13,14). The lowest BCUT2D eigenvalue weighted by molar-refractivity contribution is 0.0692. The molecule has 0 spiro atoms. The summed E-state index contributed by atoms with van der Waals surface area (Å²) in [7, 11) is 2.73. The van der Waals surface area contributed by atoms with Gasteiger partial charge < -0.3 is 14.6 Å². The summed E-state index contributed by atoms with van der Waals surface area (Å²) in [6.45, 7) is 1.35. The minimum absolute atomic E-state index is 0.0907. The average Bonchev–Trinajstić information content (AvgIpc) is 2.26. The quantitative estimate of drug-likeness (QED) is 0.786. The van der Waals surface area contributed by atoms with E-state index in [2.05, 4.69) is 0 Å². The topological polar surface area (TPSA) is 72.8 Å². The number of methoxy groups -OCH3 is 2. The SMILES string of the molecule is COc1cc(C(C)=O)cc(C(=O)O)c1OC. The maximum Gasteiger partial charge on any atom is 0.339 e. The molecule has 86 valence electrons. The fraction of sp³-hybridized carbons (Fsp3) is 0.273. The van der Waals surface area contributed by atoms with Gasteiger partial charge in [-0.15, -0.1) is 0 Å². The van der Waals surface area contributed by atoms with Gasteiger partial charge in [-0.1, -0.05) is 0 Å². The Kier molecular flexibility index (Phi) is 3.50. The van der Waals surface area contributed by atoms with Crippen molar-refractivity contribution < 1.29 is 24.2 Å². The summed E-state index contributed by atoms with van der Waals surface area (Å²) in [5.74, 6) is -1.06. The minimum atomic E-state index is -1.17. The van der Waals surface area contributed by atoms with E-state index >= 15 is 0 Å². The van der Waals surface area contributed by atoms with Crippen LogP contribution in [0.5, 0.6) is 11.5 Å². The second kappa shape index (κ2) is 4.65. The second-order valence-corrected chi connectivity index (χ2v) is 3.12. The maximum absolute atomic E-state index is 11.2. The lowest BCUT2D eigenvalue weighted by atomic mass is 10.1. The Morgan fingerprint density at radius 2 is 1.81 bits per heavy atom. The van der Waals surface area contributed by atoms with Gasteiger partial charge in [0.05, 0.1) is 14.2 Å². The molecule has 16 heavy (non-hydrogen) atoms. The number of carboxylic acids is 1. The first-order valence-corrected chi connectivity index (χ1v) is 4.51. The molecule has 0 bridgehead atoms. The van der Waals surface area contributed by atoms with Crippen molar-refractivity contribution in [2.45, 2.75) is 6.92 Å². The van der Waals surface area contributed by atoms with Crippen LogP contribution in [0.15, 0.2) is 12.1 Å². The van der Waals surface area contributed by atoms with Crippen LogP contribution in [-0.2, 0) is 0 Å². The molecule has 0 saturated carbocycles. The number of carbonyl (C=O) groups is 2. The molecule has 0 amide bonds. The first-order chi connectivity index (χ1) is 7.51. The molecule has 0 saturated heterocycles. The van der Waals surface area contributed by atoms with E-state index in [1.807, 2.05) is 0 Å². The zero-order valence-electron chi connectivity index (χ0n) is 9.23. The molecule has 1 N–H and O–H groups in total. The highest BCUT2D eigenvalue weighted by molar-refractivity contribution is 6.00. The summed E-state index contributed by atoms with van der Waals surface area (Å²) in [6, 6.07) is 2.72. The molecular formula is C11H12O5. The smallest absolute Gasteiger partial charge is 0.339 e. The van der Waals surface area contributed by atoms with Crippen LogP contribution in [0.4, 0.5) is 0 Å². The number of ketones is 1. The number of hydrogen-bond acceptors (Lipinski definition) is 4. The molecule has 0 radical (unpaired) electrons. The monoisotopic (exact) mass is 224 g/mol. The van der Waals surface area contributed by atoms with Crippen molar-refractivity contribution >= 4 is 11.8 Å². The predicted molar refractivity (Wildman–Crippen MR) is 56.5 cm³/mol. The molecule has 0 aromatic heterocycles. The van der Waals surface area contributed by atoms with E-state index in [4.69, 9.17) is 14.6 Å². The molecular weight excluding hydrogens is 212 g/mol. The molecule has 0 aliphatic heterocycles. The number of carboxylic acid groups (broad SMARTS) is 1. The van der Waals surface area contributed by atoms with Gasteiger partial charge in [-0.05, 0) is 19.1 Å². The van der Waals surface area contributed by atoms with Crippen LogP contribution in [0.25, 0.3) is 0 Å². The van der Waals surface area contributed by atoms with Gasteiger partial charge in [0.2, 0.25) is 0 Å². The van der Waals surface area contributed by atoms with Gasteiger partial charge in [0.25, 0.3) is 0 Å². The summed E-state index contributed by atoms with van der Waals surface area (Å²) in [5, 5.41) is 8.98. The normalized spacial score (nSPS) is 9.69. The van der Waals surface area contributed by atoms with Gasteiger partial charge in [-0.25, -0.2) is 4.79 Å². The van der Waals surface area contributed by atoms with E-state index in [1.165, 1.54) is 33.3 Å². The van der Waals surface area contributed by atoms with E-state index in [0.717, 1.165) is 0 Å². The number of hydrogen-bond donors (Lipinski definition) is 1. The Labute approximate surface area is 92.6 Å². The molecule has 0 aliphatic carbocycles. The van der Waals surface area contributed by atoms with Gasteiger partial charge in [0, 0.05) is 5.56 Å². The third-order valence-electron chi connectivity index (χ3n) is 2.12. The Bertz CT molecular complexity index is 436. The summed E-state index contributed by atoms with van der Waals surface area (Å²) >= 11 is 0. The Hall–Kier alpha value is -2.04. The highest BCUT2D eigenvalue weighted by Gasteiger charge is 2.18. The molecule has 5 heteroatoms. The number of ether oxygens (including phenoxy) is 2. The van der Waals surface area contributed by atoms with Crippen LogP contribution in [0.2, 0.25) is 0 Å². The fourth-order valence-corrected chi connectivity index (χ4v) is 1.33. The molecule has 1 rings (SSSR count). The zero-order chi connectivity index (χ0) is 12.3. The van der Waals surface area contributed by atoms with E-state index in [1.54, 1.807) is 0 Å². The maximum atomic E-state index is 11.2. The summed E-state index contributed by atoms with van der Waals surface area (Å²) in [4.78, 5) is 22.2. The molecule has 0 fully saturated rings. The molecule has 5 nitrogen and oxygen atoms in total. The third-order valence-corrected chi connectivity index (χ3v) is 2.12. The van der Waals surface area contributed by atoms with Gasteiger partial charge >= 0.3 is 5.97 Å². The second-order valence-electron chi connectivity index (χ2n) is 3.12. The third kappa shape index (κ3) is 2.13. The van der Waals surface area contributed by atoms with E-state index in [9.17, 15) is 9.59 Å². The van der Waals surface area contributed by atoms with Gasteiger partial charge in [0.1, 0.15) is 5.56 Å². The fourth-order valence-electron chi connectivity index (χ4n) is 1.33. The molecule has 0 aliphatic rings. The molecule has 0 unspecified atom stereocenters. The molecule has 0 atom stereocenters. The van der Waals surface area contributed by atoms with Gasteiger partial charge in [-0.3, -0.25) is 4.79 Å². The van der Waals surface area contributed by atoms with Crippen LogP contribution in [0.1, 0.15) is 27.6 Å². The molecule has 1 aromatic rings. The van der Waals surface area contributed by atoms with Crippen molar-refractivity contribution in [3.63, 3.8) is 0 Å². The lowest BCUT2D eigenvalue weighted by Crippen LogP contribution is -2.05. The number of benzene rings is 1. The van der Waals surface area contributed by atoms with Crippen LogP contribution < -0.4 is 9.47 Å². The van der Waals surface area contributed by atoms with Gasteiger partial charge in [0.15, 0.2) is 17.3 Å². The Morgan fingerprint density at radius 1 is 1.19 bits per heavy atom. The highest BCUT2D eigenvalue weighted by Crippen LogP contribution is 2.32. The van der Waals surface area contributed by atoms with Crippen molar-refractivity contribution in [1.82, 2.24) is 0 Å². The van der Waals surface area contributed by atoms with Crippen molar-refractivity contribution in [2.75, 3.05) is 14.2 Å². The Balaban J connectivity index is 3.49. The lowest BCUT2D eigenvalue weighted by Gasteiger charge is -2.11. The molecule has 1 aromatic carbocycles. The van der Waals surface area contributed by atoms with Crippen molar-refractivity contribution in [3.05, 3.63) is 23.3 Å². The average molecular weight is 224 g/mol. The summed E-state index contributed by atoms with van der Waals surface area (Å²) in [6.07, 6.45) is 0. The van der Waals surface area contributed by atoms with Crippen molar-refractivity contribution in [1.29, 1.82) is 0 Å². The van der Waals surface area contributed by atoms with Gasteiger partial charge in [-0.2, -0.15) is 0 Å². The zero-order valence-corrected chi connectivity index (χ0v) is 9.23. The largest absolute Gasteiger partial charge is 0.493 e. The molecule has 0 heterocycles. The van der Waals surface area contributed by atoms with Crippen molar-refractivity contribution in [2.24, 2.45) is 0 Å². The number of Topliss-reactive ketones (excluding diaryl/α,β-unsaturated/α-hetero) is 1. The minimum Gasteiger partial charge on any atom is -0.493 e. The van der Waals surface area contributed by atoms with E-state index in [-0.39, 0.29) is 28.4 Å².